The molecule has 0 spiro atoms. The second kappa shape index (κ2) is 7.16. The molecule has 0 radical (unpaired) electrons. The minimum Gasteiger partial charge on any atom is -0.451 e. The Hall–Kier alpha value is -1.97. The molecule has 1 amide bonds. The number of unbranched alkanes of at least 4 members (excludes halogenated alkanes) is 3. The van der Waals surface area contributed by atoms with Crippen LogP contribution < -0.4 is 11.1 Å². The van der Waals surface area contributed by atoms with Gasteiger partial charge in [0.2, 0.25) is 0 Å². The molecule has 0 bridgehead atoms. The Morgan fingerprint density at radius 3 is 2.86 bits per heavy atom. The van der Waals surface area contributed by atoms with Crippen molar-refractivity contribution in [2.45, 2.75) is 52.0 Å². The van der Waals surface area contributed by atoms with Crippen molar-refractivity contribution in [3.63, 3.8) is 0 Å². The number of nitrogens with one attached hydrogen (secondary N) is 1. The molecule has 21 heavy (non-hydrogen) atoms. The van der Waals surface area contributed by atoms with Crippen LogP contribution in [0, 0.1) is 0 Å². The summed E-state index contributed by atoms with van der Waals surface area (Å²) in [7, 11) is 0. The number of anilines is 1. The van der Waals surface area contributed by atoms with Gasteiger partial charge >= 0.3 is 0 Å². The number of nitrogen functional groups attached to an aromatic ring is 1. The van der Waals surface area contributed by atoms with Gasteiger partial charge in [0.1, 0.15) is 5.58 Å². The number of carbonyl (C=O) groups is 1. The molecule has 4 nitrogen and oxygen atoms in total. The van der Waals surface area contributed by atoms with Gasteiger partial charge in [0.05, 0.1) is 0 Å². The number of benzene rings is 1. The number of hydrogen-bond donors (Lipinski definition) is 2. The van der Waals surface area contributed by atoms with Gasteiger partial charge in [-0.05, 0) is 37.6 Å². The molecule has 0 aliphatic heterocycles. The quantitative estimate of drug-likeness (QED) is 0.595. The Labute approximate surface area is 125 Å². The number of hydrogen-bond acceptors (Lipinski definition) is 3. The van der Waals surface area contributed by atoms with Crippen LogP contribution in [-0.4, -0.2) is 11.9 Å². The lowest BCUT2D eigenvalue weighted by molar-refractivity contribution is 0.0912. The van der Waals surface area contributed by atoms with Crippen LogP contribution in [-0.2, 0) is 0 Å². The molecule has 1 heterocycles. The van der Waals surface area contributed by atoms with E-state index in [2.05, 4.69) is 12.2 Å². The van der Waals surface area contributed by atoms with Crippen molar-refractivity contribution < 1.29 is 9.21 Å². The topological polar surface area (TPSA) is 68.3 Å². The average molecular weight is 288 g/mol. The Morgan fingerprint density at radius 2 is 2.10 bits per heavy atom. The predicted molar refractivity (Wildman–Crippen MR) is 86.3 cm³/mol. The van der Waals surface area contributed by atoms with Gasteiger partial charge < -0.3 is 15.5 Å². The van der Waals surface area contributed by atoms with Crippen LogP contribution in [0.1, 0.15) is 56.5 Å². The minimum absolute atomic E-state index is 0.159. The number of nitrogens with two attached hydrogens (primary N) is 1. The number of fused-ring (bicyclic) bond motifs is 1. The number of rotatable bonds is 7. The van der Waals surface area contributed by atoms with E-state index in [9.17, 15) is 4.79 Å². The molecular weight excluding hydrogens is 264 g/mol. The molecule has 3 N–H and O–H groups in total. The monoisotopic (exact) mass is 288 g/mol. The van der Waals surface area contributed by atoms with Crippen LogP contribution in [0.15, 0.2) is 28.7 Å². The van der Waals surface area contributed by atoms with Gasteiger partial charge in [0, 0.05) is 17.1 Å². The summed E-state index contributed by atoms with van der Waals surface area (Å²) in [5.74, 6) is 0.184. The number of carbonyl (C=O) groups excluding carboxylic acids is 1. The van der Waals surface area contributed by atoms with Crippen LogP contribution in [0.25, 0.3) is 11.0 Å². The summed E-state index contributed by atoms with van der Waals surface area (Å²) in [6, 6.07) is 7.27. The highest BCUT2D eigenvalue weighted by molar-refractivity contribution is 5.96. The first kappa shape index (κ1) is 15.4. The van der Waals surface area contributed by atoms with Gasteiger partial charge in [-0.1, -0.05) is 32.6 Å². The molecule has 114 valence electrons. The SMILES string of the molecule is CCCCCCC(C)NC(=O)c1cc2cc(N)ccc2o1. The molecule has 4 heteroatoms. The zero-order valence-electron chi connectivity index (χ0n) is 12.8. The lowest BCUT2D eigenvalue weighted by atomic mass is 10.1. The van der Waals surface area contributed by atoms with Gasteiger partial charge in [-0.15, -0.1) is 0 Å². The lowest BCUT2D eigenvalue weighted by Crippen LogP contribution is -2.32. The maximum Gasteiger partial charge on any atom is 0.287 e. The largest absolute Gasteiger partial charge is 0.451 e. The maximum absolute atomic E-state index is 12.2. The van der Waals surface area contributed by atoms with Crippen molar-refractivity contribution in [2.75, 3.05) is 5.73 Å². The zero-order chi connectivity index (χ0) is 15.2. The standard InChI is InChI=1S/C17H24N2O2/c1-3-4-5-6-7-12(2)19-17(20)16-11-13-10-14(18)8-9-15(13)21-16/h8-12H,3-7,18H2,1-2H3,(H,19,20). The zero-order valence-corrected chi connectivity index (χ0v) is 12.8. The molecule has 1 unspecified atom stereocenters. The lowest BCUT2D eigenvalue weighted by Gasteiger charge is -2.12. The summed E-state index contributed by atoms with van der Waals surface area (Å²) in [6.07, 6.45) is 5.85. The molecule has 0 fully saturated rings. The van der Waals surface area contributed by atoms with E-state index in [1.54, 1.807) is 18.2 Å². The van der Waals surface area contributed by atoms with Crippen molar-refractivity contribution in [1.29, 1.82) is 0 Å². The van der Waals surface area contributed by atoms with Crippen molar-refractivity contribution in [3.05, 3.63) is 30.0 Å². The smallest absolute Gasteiger partial charge is 0.287 e. The van der Waals surface area contributed by atoms with E-state index in [-0.39, 0.29) is 11.9 Å². The molecule has 0 aliphatic rings. The van der Waals surface area contributed by atoms with Gasteiger partial charge in [0.15, 0.2) is 5.76 Å². The van der Waals surface area contributed by atoms with Crippen molar-refractivity contribution in [1.82, 2.24) is 5.32 Å². The Kier molecular flexibility index (Phi) is 5.26. The van der Waals surface area contributed by atoms with Crippen LogP contribution in [0.4, 0.5) is 5.69 Å². The highest BCUT2D eigenvalue weighted by Crippen LogP contribution is 2.21. The third kappa shape index (κ3) is 4.25. The average Bonchev–Trinajstić information content (AvgIpc) is 2.86. The van der Waals surface area contributed by atoms with Crippen molar-refractivity contribution in [2.24, 2.45) is 0 Å². The summed E-state index contributed by atoms with van der Waals surface area (Å²) in [6.45, 7) is 4.23. The first-order valence-corrected chi connectivity index (χ1v) is 7.70. The van der Waals surface area contributed by atoms with Gasteiger partial charge in [-0.2, -0.15) is 0 Å². The Morgan fingerprint density at radius 1 is 1.29 bits per heavy atom. The molecule has 1 atom stereocenters. The number of furan rings is 1. The summed E-state index contributed by atoms with van der Waals surface area (Å²) in [5.41, 5.74) is 7.08. The van der Waals surface area contributed by atoms with Gasteiger partial charge in [0.25, 0.3) is 5.91 Å². The molecule has 0 saturated carbocycles. The van der Waals surface area contributed by atoms with Crippen LogP contribution >= 0.6 is 0 Å². The second-order valence-corrected chi connectivity index (χ2v) is 5.63. The van der Waals surface area contributed by atoms with E-state index in [0.29, 0.717) is 17.0 Å². The third-order valence-electron chi connectivity index (χ3n) is 3.63. The van der Waals surface area contributed by atoms with E-state index in [1.807, 2.05) is 13.0 Å². The normalized spacial score (nSPS) is 12.5. The third-order valence-corrected chi connectivity index (χ3v) is 3.63. The van der Waals surface area contributed by atoms with E-state index in [4.69, 9.17) is 10.2 Å². The first-order chi connectivity index (χ1) is 10.1. The second-order valence-electron chi connectivity index (χ2n) is 5.63. The summed E-state index contributed by atoms with van der Waals surface area (Å²) >= 11 is 0. The molecule has 1 aromatic carbocycles. The molecule has 2 aromatic rings. The van der Waals surface area contributed by atoms with E-state index < -0.39 is 0 Å². The predicted octanol–water partition coefficient (Wildman–Crippen LogP) is 4.10. The fraction of sp³-hybridized carbons (Fsp3) is 0.471. The van der Waals surface area contributed by atoms with E-state index in [0.717, 1.165) is 18.2 Å². The molecule has 0 aliphatic carbocycles. The Bertz CT molecular complexity index is 604. The number of amides is 1. The molecular formula is C17H24N2O2. The van der Waals surface area contributed by atoms with E-state index in [1.165, 1.54) is 19.3 Å². The van der Waals surface area contributed by atoms with Crippen LogP contribution in [0.3, 0.4) is 0 Å². The van der Waals surface area contributed by atoms with Crippen molar-refractivity contribution in [3.8, 4) is 0 Å². The highest BCUT2D eigenvalue weighted by atomic mass is 16.3. The first-order valence-electron chi connectivity index (χ1n) is 7.70. The fourth-order valence-corrected chi connectivity index (χ4v) is 2.42. The minimum atomic E-state index is -0.159. The fourth-order valence-electron chi connectivity index (χ4n) is 2.42. The molecule has 1 aromatic heterocycles. The van der Waals surface area contributed by atoms with Gasteiger partial charge in [-0.3, -0.25) is 4.79 Å². The maximum atomic E-state index is 12.2. The Balaban J connectivity index is 1.92. The van der Waals surface area contributed by atoms with E-state index >= 15 is 0 Å². The van der Waals surface area contributed by atoms with Crippen LogP contribution in [0.5, 0.6) is 0 Å². The van der Waals surface area contributed by atoms with Crippen LogP contribution in [0.2, 0.25) is 0 Å². The summed E-state index contributed by atoms with van der Waals surface area (Å²) in [5, 5.41) is 3.84. The summed E-state index contributed by atoms with van der Waals surface area (Å²) in [4.78, 5) is 12.2. The molecule has 0 saturated heterocycles. The van der Waals surface area contributed by atoms with Gasteiger partial charge in [-0.25, -0.2) is 0 Å². The highest BCUT2D eigenvalue weighted by Gasteiger charge is 2.14. The molecule has 2 rings (SSSR count). The summed E-state index contributed by atoms with van der Waals surface area (Å²) < 4.78 is 5.56. The van der Waals surface area contributed by atoms with Crippen molar-refractivity contribution >= 4 is 22.6 Å².